The predicted octanol–water partition coefficient (Wildman–Crippen LogP) is 2.28. The van der Waals surface area contributed by atoms with Crippen molar-refractivity contribution in [3.05, 3.63) is 54.4 Å². The van der Waals surface area contributed by atoms with Crippen molar-refractivity contribution < 1.29 is 0 Å². The molecule has 0 radical (unpaired) electrons. The quantitative estimate of drug-likeness (QED) is 0.770. The molecule has 0 bridgehead atoms. The molecule has 1 aromatic carbocycles. The van der Waals surface area contributed by atoms with E-state index in [1.165, 1.54) is 5.56 Å². The topological polar surface area (TPSA) is 29.9 Å². The van der Waals surface area contributed by atoms with Crippen LogP contribution in [-0.2, 0) is 6.54 Å². The number of benzene rings is 1. The van der Waals surface area contributed by atoms with Gasteiger partial charge in [-0.1, -0.05) is 37.3 Å². The summed E-state index contributed by atoms with van der Waals surface area (Å²) < 4.78 is 1.94. The van der Waals surface area contributed by atoms with Crippen LogP contribution in [0.3, 0.4) is 0 Å². The molecule has 0 fully saturated rings. The molecule has 0 spiro atoms. The summed E-state index contributed by atoms with van der Waals surface area (Å²) in [6, 6.07) is 12.6. The second-order valence-corrected chi connectivity index (χ2v) is 4.28. The van der Waals surface area contributed by atoms with Gasteiger partial charge in [0.1, 0.15) is 0 Å². The normalized spacial score (nSPS) is 12.5. The molecule has 1 atom stereocenters. The van der Waals surface area contributed by atoms with Crippen molar-refractivity contribution in [3.8, 4) is 0 Å². The fourth-order valence-corrected chi connectivity index (χ4v) is 1.84. The van der Waals surface area contributed by atoms with Crippen LogP contribution in [0, 0.1) is 0 Å². The lowest BCUT2D eigenvalue weighted by atomic mass is 10.0. The average molecular weight is 229 g/mol. The molecule has 90 valence electrons. The molecule has 1 N–H and O–H groups in total. The minimum absolute atomic E-state index is 0.550. The first-order valence-electron chi connectivity index (χ1n) is 6.09. The van der Waals surface area contributed by atoms with E-state index in [1.54, 1.807) is 0 Å². The zero-order valence-corrected chi connectivity index (χ0v) is 10.2. The molecule has 0 saturated carbocycles. The molecule has 2 rings (SSSR count). The maximum absolute atomic E-state index is 4.17. The standard InChI is InChI=1S/C14H19N3/c1-13(14-6-3-2-4-7-14)12-15-9-11-17-10-5-8-16-17/h2-8,10,13,15H,9,11-12H2,1H3. The Morgan fingerprint density at radius 1 is 1.24 bits per heavy atom. The molecule has 1 heterocycles. The highest BCUT2D eigenvalue weighted by Crippen LogP contribution is 2.12. The summed E-state index contributed by atoms with van der Waals surface area (Å²) in [6.07, 6.45) is 3.80. The van der Waals surface area contributed by atoms with E-state index in [2.05, 4.69) is 47.7 Å². The van der Waals surface area contributed by atoms with Crippen LogP contribution in [0.4, 0.5) is 0 Å². The van der Waals surface area contributed by atoms with Gasteiger partial charge in [-0.2, -0.15) is 5.10 Å². The highest BCUT2D eigenvalue weighted by molar-refractivity contribution is 5.18. The van der Waals surface area contributed by atoms with E-state index in [4.69, 9.17) is 0 Å². The van der Waals surface area contributed by atoms with E-state index in [1.807, 2.05) is 23.1 Å². The largest absolute Gasteiger partial charge is 0.314 e. The van der Waals surface area contributed by atoms with Gasteiger partial charge in [-0.25, -0.2) is 0 Å². The van der Waals surface area contributed by atoms with Crippen molar-refractivity contribution in [3.63, 3.8) is 0 Å². The molecule has 1 aromatic heterocycles. The van der Waals surface area contributed by atoms with Crippen molar-refractivity contribution in [1.82, 2.24) is 15.1 Å². The summed E-state index contributed by atoms with van der Waals surface area (Å²) in [7, 11) is 0. The molecule has 0 amide bonds. The van der Waals surface area contributed by atoms with Crippen LogP contribution in [0.25, 0.3) is 0 Å². The van der Waals surface area contributed by atoms with Gasteiger partial charge in [0.2, 0.25) is 0 Å². The van der Waals surface area contributed by atoms with Gasteiger partial charge in [0.05, 0.1) is 6.54 Å². The molecule has 0 aliphatic heterocycles. The molecule has 0 saturated heterocycles. The Morgan fingerprint density at radius 3 is 2.76 bits per heavy atom. The third-order valence-electron chi connectivity index (χ3n) is 2.90. The zero-order valence-electron chi connectivity index (χ0n) is 10.2. The maximum atomic E-state index is 4.17. The zero-order chi connectivity index (χ0) is 11.9. The van der Waals surface area contributed by atoms with Crippen molar-refractivity contribution >= 4 is 0 Å². The Bertz CT molecular complexity index is 408. The number of rotatable bonds is 6. The van der Waals surface area contributed by atoms with Crippen LogP contribution >= 0.6 is 0 Å². The van der Waals surface area contributed by atoms with Gasteiger partial charge in [0.25, 0.3) is 0 Å². The minimum Gasteiger partial charge on any atom is -0.314 e. The Balaban J connectivity index is 1.68. The highest BCUT2D eigenvalue weighted by Gasteiger charge is 2.03. The van der Waals surface area contributed by atoms with Crippen LogP contribution in [0.15, 0.2) is 48.8 Å². The Morgan fingerprint density at radius 2 is 2.06 bits per heavy atom. The van der Waals surface area contributed by atoms with E-state index in [-0.39, 0.29) is 0 Å². The SMILES string of the molecule is CC(CNCCn1cccn1)c1ccccc1. The first kappa shape index (κ1) is 11.9. The Labute approximate surface area is 102 Å². The average Bonchev–Trinajstić information content (AvgIpc) is 2.88. The van der Waals surface area contributed by atoms with E-state index in [0.29, 0.717) is 5.92 Å². The molecule has 3 nitrogen and oxygen atoms in total. The van der Waals surface area contributed by atoms with Gasteiger partial charge in [-0.15, -0.1) is 0 Å². The molecule has 1 unspecified atom stereocenters. The third kappa shape index (κ3) is 3.71. The van der Waals surface area contributed by atoms with Crippen LogP contribution in [0.2, 0.25) is 0 Å². The molecule has 2 aromatic rings. The molecule has 17 heavy (non-hydrogen) atoms. The van der Waals surface area contributed by atoms with Gasteiger partial charge >= 0.3 is 0 Å². The summed E-state index contributed by atoms with van der Waals surface area (Å²) in [5.74, 6) is 0.550. The first-order chi connectivity index (χ1) is 8.36. The Hall–Kier alpha value is -1.61. The lowest BCUT2D eigenvalue weighted by molar-refractivity contribution is 0.535. The summed E-state index contributed by atoms with van der Waals surface area (Å²) in [6.45, 7) is 5.13. The number of nitrogens with one attached hydrogen (secondary N) is 1. The summed E-state index contributed by atoms with van der Waals surface area (Å²) in [4.78, 5) is 0. The number of nitrogens with zero attached hydrogens (tertiary/aromatic N) is 2. The Kier molecular flexibility index (Phi) is 4.33. The first-order valence-corrected chi connectivity index (χ1v) is 6.09. The van der Waals surface area contributed by atoms with Crippen molar-refractivity contribution in [1.29, 1.82) is 0 Å². The van der Waals surface area contributed by atoms with Gasteiger partial charge in [-0.3, -0.25) is 4.68 Å². The second-order valence-electron chi connectivity index (χ2n) is 4.28. The van der Waals surface area contributed by atoms with Crippen molar-refractivity contribution in [2.24, 2.45) is 0 Å². The van der Waals surface area contributed by atoms with Crippen LogP contribution in [-0.4, -0.2) is 22.9 Å². The number of aromatic nitrogens is 2. The number of hydrogen-bond acceptors (Lipinski definition) is 2. The molecule has 0 aliphatic rings. The predicted molar refractivity (Wildman–Crippen MR) is 70.0 cm³/mol. The number of hydrogen-bond donors (Lipinski definition) is 1. The van der Waals surface area contributed by atoms with Gasteiger partial charge in [0, 0.05) is 25.5 Å². The molecular formula is C14H19N3. The van der Waals surface area contributed by atoms with Crippen LogP contribution in [0.1, 0.15) is 18.4 Å². The smallest absolute Gasteiger partial charge is 0.0533 e. The van der Waals surface area contributed by atoms with Crippen molar-refractivity contribution in [2.75, 3.05) is 13.1 Å². The lowest BCUT2D eigenvalue weighted by Crippen LogP contribution is -2.24. The second kappa shape index (κ2) is 6.21. The summed E-state index contributed by atoms with van der Waals surface area (Å²) in [5.41, 5.74) is 1.39. The fourth-order valence-electron chi connectivity index (χ4n) is 1.84. The van der Waals surface area contributed by atoms with Crippen molar-refractivity contribution in [2.45, 2.75) is 19.4 Å². The molecular weight excluding hydrogens is 210 g/mol. The van der Waals surface area contributed by atoms with Crippen LogP contribution in [0.5, 0.6) is 0 Å². The summed E-state index contributed by atoms with van der Waals surface area (Å²) in [5, 5.41) is 7.63. The minimum atomic E-state index is 0.550. The summed E-state index contributed by atoms with van der Waals surface area (Å²) >= 11 is 0. The van der Waals surface area contributed by atoms with E-state index >= 15 is 0 Å². The van der Waals surface area contributed by atoms with E-state index in [9.17, 15) is 0 Å². The van der Waals surface area contributed by atoms with E-state index < -0.39 is 0 Å². The molecule has 3 heteroatoms. The lowest BCUT2D eigenvalue weighted by Gasteiger charge is -2.12. The fraction of sp³-hybridized carbons (Fsp3) is 0.357. The third-order valence-corrected chi connectivity index (χ3v) is 2.90. The van der Waals surface area contributed by atoms with Crippen LogP contribution < -0.4 is 5.32 Å². The monoisotopic (exact) mass is 229 g/mol. The van der Waals surface area contributed by atoms with E-state index in [0.717, 1.165) is 19.6 Å². The van der Waals surface area contributed by atoms with Gasteiger partial charge in [0.15, 0.2) is 0 Å². The van der Waals surface area contributed by atoms with Gasteiger partial charge < -0.3 is 5.32 Å². The van der Waals surface area contributed by atoms with Gasteiger partial charge in [-0.05, 0) is 17.5 Å². The maximum Gasteiger partial charge on any atom is 0.0533 e. The molecule has 0 aliphatic carbocycles. The highest BCUT2D eigenvalue weighted by atomic mass is 15.3.